The molecule has 2 atom stereocenters. The average molecular weight is 379 g/mol. The average Bonchev–Trinajstić information content (AvgIpc) is 2.59. The lowest BCUT2D eigenvalue weighted by Gasteiger charge is -2.29. The molecule has 0 radical (unpaired) electrons. The molecule has 0 amide bonds. The highest BCUT2D eigenvalue weighted by Crippen LogP contribution is 2.39. The number of alkyl halides is 3. The number of nitrogens with zero attached hydrogens (tertiary/aromatic N) is 1. The van der Waals surface area contributed by atoms with E-state index in [1.54, 1.807) is 36.4 Å². The van der Waals surface area contributed by atoms with Gasteiger partial charge in [-0.1, -0.05) is 36.7 Å². The van der Waals surface area contributed by atoms with Crippen LogP contribution in [0.15, 0.2) is 54.6 Å². The van der Waals surface area contributed by atoms with E-state index in [9.17, 15) is 13.2 Å². The molecule has 2 unspecified atom stereocenters. The molecular weight excluding hydrogens is 361 g/mol. The van der Waals surface area contributed by atoms with Gasteiger partial charge in [-0.2, -0.15) is 13.2 Å². The van der Waals surface area contributed by atoms with Crippen LogP contribution in [0.1, 0.15) is 24.2 Å². The molecule has 0 spiro atoms. The Morgan fingerprint density at radius 2 is 1.69 bits per heavy atom. The summed E-state index contributed by atoms with van der Waals surface area (Å²) in [6.45, 7) is 3.06. The maximum absolute atomic E-state index is 13.5. The van der Waals surface area contributed by atoms with Gasteiger partial charge in [-0.25, -0.2) is 0 Å². The van der Waals surface area contributed by atoms with E-state index in [0.29, 0.717) is 16.3 Å². The van der Waals surface area contributed by atoms with Crippen LogP contribution in [0.2, 0.25) is 5.02 Å². The number of halogens is 4. The van der Waals surface area contributed by atoms with Gasteiger partial charge >= 0.3 is 6.18 Å². The van der Waals surface area contributed by atoms with Gasteiger partial charge in [0.25, 0.3) is 0 Å². The summed E-state index contributed by atoms with van der Waals surface area (Å²) in [5.74, 6) is -1.59. The first kappa shape index (κ1) is 18.5. The summed E-state index contributed by atoms with van der Waals surface area (Å²) in [5, 5.41) is 4.35. The zero-order chi connectivity index (χ0) is 18.9. The van der Waals surface area contributed by atoms with Crippen molar-refractivity contribution in [3.8, 4) is 0 Å². The van der Waals surface area contributed by atoms with Crippen LogP contribution in [0, 0.1) is 12.8 Å². The van der Waals surface area contributed by atoms with Gasteiger partial charge in [0.15, 0.2) is 0 Å². The van der Waals surface area contributed by atoms with Crippen LogP contribution in [0.25, 0.3) is 10.9 Å². The van der Waals surface area contributed by atoms with Gasteiger partial charge in [0.05, 0.1) is 17.5 Å². The minimum Gasteiger partial charge on any atom is -0.377 e. The molecule has 26 heavy (non-hydrogen) atoms. The number of anilines is 1. The summed E-state index contributed by atoms with van der Waals surface area (Å²) in [7, 11) is 0. The molecule has 1 aromatic heterocycles. The van der Waals surface area contributed by atoms with Gasteiger partial charge in [0.2, 0.25) is 0 Å². The molecule has 3 aromatic rings. The number of nitrogens with one attached hydrogen (secondary N) is 1. The van der Waals surface area contributed by atoms with Crippen LogP contribution >= 0.6 is 11.6 Å². The Hall–Kier alpha value is -2.27. The van der Waals surface area contributed by atoms with Crippen molar-refractivity contribution in [3.05, 3.63) is 70.9 Å². The van der Waals surface area contributed by atoms with Crippen LogP contribution in [-0.2, 0) is 0 Å². The SMILES string of the molecule is Cc1ccc2c(NC(c3ccc(Cl)cc3)C(C)C(F)(F)F)cccc2n1. The van der Waals surface area contributed by atoms with Crippen LogP contribution in [0.3, 0.4) is 0 Å². The Morgan fingerprint density at radius 1 is 1.00 bits per heavy atom. The largest absolute Gasteiger partial charge is 0.393 e. The lowest BCUT2D eigenvalue weighted by atomic mass is 9.93. The predicted octanol–water partition coefficient (Wildman–Crippen LogP) is 6.55. The maximum Gasteiger partial charge on any atom is 0.393 e. The van der Waals surface area contributed by atoms with Crippen LogP contribution in [-0.4, -0.2) is 11.2 Å². The molecule has 3 rings (SSSR count). The van der Waals surface area contributed by atoms with Gasteiger partial charge in [-0.3, -0.25) is 4.98 Å². The predicted molar refractivity (Wildman–Crippen MR) is 99.5 cm³/mol. The van der Waals surface area contributed by atoms with Crippen molar-refractivity contribution in [2.24, 2.45) is 5.92 Å². The topological polar surface area (TPSA) is 24.9 Å². The zero-order valence-electron chi connectivity index (χ0n) is 14.3. The number of hydrogen-bond acceptors (Lipinski definition) is 2. The van der Waals surface area contributed by atoms with Gasteiger partial charge in [-0.05, 0) is 48.9 Å². The van der Waals surface area contributed by atoms with E-state index in [0.717, 1.165) is 16.6 Å². The molecule has 6 heteroatoms. The van der Waals surface area contributed by atoms with Crippen LogP contribution < -0.4 is 5.32 Å². The molecule has 1 heterocycles. The zero-order valence-corrected chi connectivity index (χ0v) is 15.1. The van der Waals surface area contributed by atoms with E-state index in [-0.39, 0.29) is 0 Å². The first-order valence-electron chi connectivity index (χ1n) is 8.21. The van der Waals surface area contributed by atoms with Gasteiger partial charge in [0.1, 0.15) is 0 Å². The van der Waals surface area contributed by atoms with Crippen molar-refractivity contribution in [1.29, 1.82) is 0 Å². The number of benzene rings is 2. The van der Waals surface area contributed by atoms with Gasteiger partial charge in [-0.15, -0.1) is 0 Å². The summed E-state index contributed by atoms with van der Waals surface area (Å²) in [6.07, 6.45) is -4.34. The van der Waals surface area contributed by atoms with E-state index in [4.69, 9.17) is 11.6 Å². The Labute approximate surface area is 155 Å². The Morgan fingerprint density at radius 3 is 2.35 bits per heavy atom. The third kappa shape index (κ3) is 3.93. The number of aryl methyl sites for hydroxylation is 1. The van der Waals surface area contributed by atoms with E-state index in [1.807, 2.05) is 25.1 Å². The van der Waals surface area contributed by atoms with Crippen molar-refractivity contribution >= 4 is 28.2 Å². The molecule has 0 aliphatic carbocycles. The lowest BCUT2D eigenvalue weighted by molar-refractivity contribution is -0.173. The smallest absolute Gasteiger partial charge is 0.377 e. The standard InChI is InChI=1S/C20H18ClF3N2/c1-12-6-11-16-17(25-12)4-3-5-18(16)26-19(13(2)20(22,23)24)14-7-9-15(21)10-8-14/h3-11,13,19,26H,1-2H3. The van der Waals surface area contributed by atoms with Crippen LogP contribution in [0.4, 0.5) is 18.9 Å². The second kappa shape index (κ2) is 7.16. The number of fused-ring (bicyclic) bond motifs is 1. The quantitative estimate of drug-likeness (QED) is 0.557. The molecular formula is C20H18ClF3N2. The summed E-state index contributed by atoms with van der Waals surface area (Å²) >= 11 is 5.89. The highest BCUT2D eigenvalue weighted by molar-refractivity contribution is 6.30. The molecule has 0 aliphatic heterocycles. The monoisotopic (exact) mass is 378 g/mol. The second-order valence-electron chi connectivity index (χ2n) is 6.33. The molecule has 0 aliphatic rings. The molecule has 0 fully saturated rings. The third-order valence-electron chi connectivity index (χ3n) is 4.43. The van der Waals surface area contributed by atoms with E-state index >= 15 is 0 Å². The molecule has 1 N–H and O–H groups in total. The minimum atomic E-state index is -4.34. The Bertz CT molecular complexity index is 907. The van der Waals surface area contributed by atoms with Crippen molar-refractivity contribution in [3.63, 3.8) is 0 Å². The van der Waals surface area contributed by atoms with E-state index < -0.39 is 18.1 Å². The summed E-state index contributed by atoms with van der Waals surface area (Å²) < 4.78 is 40.4. The van der Waals surface area contributed by atoms with Crippen molar-refractivity contribution in [2.45, 2.75) is 26.1 Å². The second-order valence-corrected chi connectivity index (χ2v) is 6.77. The molecule has 0 bridgehead atoms. The fourth-order valence-electron chi connectivity index (χ4n) is 2.91. The Balaban J connectivity index is 2.05. The van der Waals surface area contributed by atoms with Crippen molar-refractivity contribution in [2.75, 3.05) is 5.32 Å². The number of hydrogen-bond donors (Lipinski definition) is 1. The van der Waals surface area contributed by atoms with Crippen molar-refractivity contribution in [1.82, 2.24) is 4.98 Å². The summed E-state index contributed by atoms with van der Waals surface area (Å²) in [6, 6.07) is 14.6. The van der Waals surface area contributed by atoms with Crippen molar-refractivity contribution < 1.29 is 13.2 Å². The van der Waals surface area contributed by atoms with E-state index in [1.165, 1.54) is 6.92 Å². The molecule has 136 valence electrons. The first-order chi connectivity index (χ1) is 12.3. The molecule has 0 saturated heterocycles. The minimum absolute atomic E-state index is 0.483. The highest BCUT2D eigenvalue weighted by Gasteiger charge is 2.42. The highest BCUT2D eigenvalue weighted by atomic mass is 35.5. The molecule has 0 saturated carbocycles. The van der Waals surface area contributed by atoms with Gasteiger partial charge < -0.3 is 5.32 Å². The number of aromatic nitrogens is 1. The maximum atomic E-state index is 13.5. The van der Waals surface area contributed by atoms with E-state index in [2.05, 4.69) is 10.3 Å². The number of pyridine rings is 1. The lowest BCUT2D eigenvalue weighted by Crippen LogP contribution is -2.31. The van der Waals surface area contributed by atoms with Crippen LogP contribution in [0.5, 0.6) is 0 Å². The summed E-state index contributed by atoms with van der Waals surface area (Å²) in [5.41, 5.74) is 2.74. The third-order valence-corrected chi connectivity index (χ3v) is 4.68. The Kier molecular flexibility index (Phi) is 5.10. The fourth-order valence-corrected chi connectivity index (χ4v) is 3.03. The summed E-state index contributed by atoms with van der Waals surface area (Å²) in [4.78, 5) is 4.44. The number of rotatable bonds is 4. The molecule has 2 nitrogen and oxygen atoms in total. The fraction of sp³-hybridized carbons (Fsp3) is 0.250. The normalized spacial score (nSPS) is 14.2. The van der Waals surface area contributed by atoms with Gasteiger partial charge in [0, 0.05) is 21.8 Å². The first-order valence-corrected chi connectivity index (χ1v) is 8.58. The molecule has 2 aromatic carbocycles.